The Morgan fingerprint density at radius 1 is 0.368 bits per heavy atom. The molecular weight excluding hydrogens is 687 g/mol. The van der Waals surface area contributed by atoms with E-state index in [9.17, 15) is 0 Å². The molecule has 0 bridgehead atoms. The zero-order valence-corrected chi connectivity index (χ0v) is 33.0. The molecule has 276 valence electrons. The normalized spacial score (nSPS) is 27.9. The fourth-order valence-corrected chi connectivity index (χ4v) is 14.2. The Labute approximate surface area is 337 Å². The van der Waals surface area contributed by atoms with Gasteiger partial charge in [0.15, 0.2) is 0 Å². The molecule has 0 radical (unpaired) electrons. The van der Waals surface area contributed by atoms with Gasteiger partial charge >= 0.3 is 0 Å². The lowest BCUT2D eigenvalue weighted by Crippen LogP contribution is -2.23. The second kappa shape index (κ2) is 11.3. The number of benzene rings is 7. The van der Waals surface area contributed by atoms with Crippen LogP contribution in [-0.2, 0) is 6.42 Å². The molecule has 0 saturated carbocycles. The largest absolute Gasteiger partial charge is 0.310 e. The third kappa shape index (κ3) is 3.87. The monoisotopic (exact) mass is 733 g/mol. The maximum atomic E-state index is 2.60. The van der Waals surface area contributed by atoms with E-state index in [0.29, 0.717) is 35.5 Å². The molecule has 0 aromatic heterocycles. The van der Waals surface area contributed by atoms with Crippen molar-refractivity contribution in [3.05, 3.63) is 230 Å². The number of rotatable bonds is 6. The molecule has 8 atom stereocenters. The molecule has 13 rings (SSSR count). The Morgan fingerprint density at radius 2 is 0.667 bits per heavy atom. The molecule has 0 heterocycles. The number of nitrogens with zero attached hydrogens (tertiary/aromatic N) is 1. The van der Waals surface area contributed by atoms with E-state index < -0.39 is 0 Å². The van der Waals surface area contributed by atoms with Gasteiger partial charge < -0.3 is 4.90 Å². The summed E-state index contributed by atoms with van der Waals surface area (Å²) in [5.74, 6) is 2.34. The highest BCUT2D eigenvalue weighted by molar-refractivity contribution is 5.81. The van der Waals surface area contributed by atoms with E-state index in [2.05, 4.69) is 183 Å². The number of hydrogen-bond acceptors (Lipinski definition) is 1. The first-order valence-electron chi connectivity index (χ1n) is 21.5. The molecule has 0 amide bonds. The summed E-state index contributed by atoms with van der Waals surface area (Å²) in [7, 11) is 0. The number of unbranched alkanes of at least 4 members (excludes halogenated alkanes) is 1. The number of hydrogen-bond donors (Lipinski definition) is 0. The molecule has 8 unspecified atom stereocenters. The van der Waals surface area contributed by atoms with Crippen molar-refractivity contribution in [2.45, 2.75) is 75.5 Å². The Kier molecular flexibility index (Phi) is 6.40. The van der Waals surface area contributed by atoms with E-state index in [1.807, 2.05) is 0 Å². The van der Waals surface area contributed by atoms with Crippen LogP contribution in [0, 0.1) is 10.8 Å². The molecule has 0 aliphatic heterocycles. The Bertz CT molecular complexity index is 2650. The van der Waals surface area contributed by atoms with Crippen LogP contribution in [0.15, 0.2) is 158 Å². The van der Waals surface area contributed by atoms with Gasteiger partial charge in [0.1, 0.15) is 0 Å². The minimum atomic E-state index is 0.0869. The van der Waals surface area contributed by atoms with Gasteiger partial charge in [0.25, 0.3) is 0 Å². The van der Waals surface area contributed by atoms with Crippen LogP contribution in [0.25, 0.3) is 0 Å². The molecule has 7 aromatic rings. The summed E-state index contributed by atoms with van der Waals surface area (Å²) >= 11 is 0. The van der Waals surface area contributed by atoms with Gasteiger partial charge in [-0.05, 0) is 122 Å². The van der Waals surface area contributed by atoms with Crippen molar-refractivity contribution >= 4 is 17.1 Å². The molecule has 57 heavy (non-hydrogen) atoms. The molecule has 1 heteroatoms. The SMILES string of the molecule is CCCCc1ccc(N(c2ccc3c(c2)C2c4ccccc4C4c5ccccc5C3C42C)c2ccc3c(c2)C2c4ccccc4C4c5ccccc5C3C42C)cc1. The topological polar surface area (TPSA) is 3.24 Å². The summed E-state index contributed by atoms with van der Waals surface area (Å²) in [6.07, 6.45) is 3.56. The van der Waals surface area contributed by atoms with E-state index in [1.54, 1.807) is 0 Å². The number of fused-ring (bicyclic) bond motifs is 18. The molecular formula is C56H47N. The Balaban J connectivity index is 1.01. The summed E-state index contributed by atoms with van der Waals surface area (Å²) in [6, 6.07) is 62.0. The quantitative estimate of drug-likeness (QED) is 0.164. The lowest BCUT2D eigenvalue weighted by atomic mass is 9.70. The maximum Gasteiger partial charge on any atom is 0.0464 e. The van der Waals surface area contributed by atoms with Crippen molar-refractivity contribution in [3.63, 3.8) is 0 Å². The predicted octanol–water partition coefficient (Wildman–Crippen LogP) is 14.0. The molecule has 0 saturated heterocycles. The second-order valence-corrected chi connectivity index (χ2v) is 18.6. The standard InChI is InChI=1S/C56H47N/c1-4-5-14-33-23-25-34(26-24-33)57(35-27-29-45-47(31-35)53-43-21-12-10-19-41(43)49-37-15-6-8-17-39(37)51(45)55(49,53)2)36-28-30-46-48(32-36)54-44-22-13-11-20-42(44)50-38-16-7-9-18-40(38)52(46)56(50,54)3/h6-13,15-32,49-54H,4-5,14H2,1-3H3. The molecule has 1 nitrogen and oxygen atoms in total. The predicted molar refractivity (Wildman–Crippen MR) is 233 cm³/mol. The van der Waals surface area contributed by atoms with Gasteiger partial charge in [-0.25, -0.2) is 0 Å². The highest BCUT2D eigenvalue weighted by atomic mass is 15.1. The fraction of sp³-hybridized carbons (Fsp3) is 0.250. The molecule has 0 spiro atoms. The van der Waals surface area contributed by atoms with E-state index >= 15 is 0 Å². The highest BCUT2D eigenvalue weighted by Gasteiger charge is 2.66. The van der Waals surface area contributed by atoms with Crippen molar-refractivity contribution in [3.8, 4) is 0 Å². The van der Waals surface area contributed by atoms with Gasteiger partial charge in [-0.2, -0.15) is 0 Å². The van der Waals surface area contributed by atoms with Crippen molar-refractivity contribution in [1.29, 1.82) is 0 Å². The van der Waals surface area contributed by atoms with Crippen LogP contribution in [0.4, 0.5) is 17.1 Å². The smallest absolute Gasteiger partial charge is 0.0464 e. The van der Waals surface area contributed by atoms with Crippen molar-refractivity contribution in [2.24, 2.45) is 10.8 Å². The Morgan fingerprint density at radius 3 is 1.00 bits per heavy atom. The molecule has 0 fully saturated rings. The van der Waals surface area contributed by atoms with Crippen LogP contribution >= 0.6 is 0 Å². The van der Waals surface area contributed by atoms with Gasteiger partial charge in [-0.15, -0.1) is 0 Å². The molecule has 6 aliphatic carbocycles. The van der Waals surface area contributed by atoms with Crippen molar-refractivity contribution in [1.82, 2.24) is 0 Å². The average Bonchev–Trinajstić information content (AvgIpc) is 3.99. The van der Waals surface area contributed by atoms with Crippen LogP contribution in [0.1, 0.15) is 141 Å². The summed E-state index contributed by atoms with van der Waals surface area (Å²) in [6.45, 7) is 7.48. The average molecular weight is 734 g/mol. The van der Waals surface area contributed by atoms with Gasteiger partial charge in [-0.3, -0.25) is 0 Å². The third-order valence-corrected chi connectivity index (χ3v) is 16.1. The van der Waals surface area contributed by atoms with E-state index in [1.165, 1.54) is 102 Å². The fourth-order valence-electron chi connectivity index (χ4n) is 14.2. The highest BCUT2D eigenvalue weighted by Crippen LogP contribution is 2.77. The van der Waals surface area contributed by atoms with Gasteiger partial charge in [0, 0.05) is 63.4 Å². The summed E-state index contributed by atoms with van der Waals surface area (Å²) in [5, 5.41) is 0. The van der Waals surface area contributed by atoms with Crippen LogP contribution < -0.4 is 4.90 Å². The lowest BCUT2D eigenvalue weighted by Gasteiger charge is -2.31. The van der Waals surface area contributed by atoms with E-state index in [-0.39, 0.29) is 10.8 Å². The number of anilines is 3. The first kappa shape index (κ1) is 32.4. The molecule has 0 N–H and O–H groups in total. The van der Waals surface area contributed by atoms with Crippen LogP contribution in [0.3, 0.4) is 0 Å². The zero-order chi connectivity index (χ0) is 37.8. The van der Waals surface area contributed by atoms with Gasteiger partial charge in [-0.1, -0.05) is 149 Å². The Hall–Kier alpha value is -5.66. The molecule has 7 aromatic carbocycles. The second-order valence-electron chi connectivity index (χ2n) is 18.6. The minimum Gasteiger partial charge on any atom is -0.310 e. The zero-order valence-electron chi connectivity index (χ0n) is 33.0. The first-order chi connectivity index (χ1) is 28.0. The van der Waals surface area contributed by atoms with Gasteiger partial charge in [0.05, 0.1) is 0 Å². The third-order valence-electron chi connectivity index (χ3n) is 16.1. The van der Waals surface area contributed by atoms with Gasteiger partial charge in [0.2, 0.25) is 0 Å². The van der Waals surface area contributed by atoms with Crippen LogP contribution in [0.2, 0.25) is 0 Å². The van der Waals surface area contributed by atoms with E-state index in [0.717, 1.165) is 6.42 Å². The van der Waals surface area contributed by atoms with Crippen molar-refractivity contribution < 1.29 is 0 Å². The summed E-state index contributed by atoms with van der Waals surface area (Å²) in [4.78, 5) is 2.58. The van der Waals surface area contributed by atoms with Crippen LogP contribution in [-0.4, -0.2) is 0 Å². The molecule has 6 aliphatic rings. The first-order valence-corrected chi connectivity index (χ1v) is 21.5. The van der Waals surface area contributed by atoms with Crippen LogP contribution in [0.5, 0.6) is 0 Å². The summed E-state index contributed by atoms with van der Waals surface area (Å²) in [5.41, 5.74) is 23.7. The number of aryl methyl sites for hydroxylation is 1. The maximum absolute atomic E-state index is 2.60. The van der Waals surface area contributed by atoms with E-state index in [4.69, 9.17) is 0 Å². The summed E-state index contributed by atoms with van der Waals surface area (Å²) < 4.78 is 0. The van der Waals surface area contributed by atoms with Crippen molar-refractivity contribution in [2.75, 3.05) is 4.90 Å². The minimum absolute atomic E-state index is 0.0869. The lowest BCUT2D eigenvalue weighted by molar-refractivity contribution is 0.288.